The third-order valence-electron chi connectivity index (χ3n) is 4.09. The number of halogens is 6. The zero-order valence-corrected chi connectivity index (χ0v) is 17.3. The largest absolute Gasteiger partial charge is 0.345 e. The summed E-state index contributed by atoms with van der Waals surface area (Å²) < 4.78 is 69.4. The number of nitrogens with one attached hydrogen (secondary N) is 1. The van der Waals surface area contributed by atoms with Gasteiger partial charge in [0.05, 0.1) is 17.1 Å². The molecule has 0 saturated heterocycles. The molecule has 3 heterocycles. The van der Waals surface area contributed by atoms with Crippen LogP contribution in [0.2, 0.25) is 5.02 Å². The van der Waals surface area contributed by atoms with Gasteiger partial charge in [-0.3, -0.25) is 14.8 Å². The normalized spacial score (nSPS) is 12.0. The Balaban J connectivity index is 1.78. The maximum Gasteiger partial charge on any atom is 0.308 e. The summed E-state index contributed by atoms with van der Waals surface area (Å²) in [6.07, 6.45) is 3.34. The number of pyridine rings is 3. The van der Waals surface area contributed by atoms with Crippen LogP contribution < -0.4 is 5.32 Å². The van der Waals surface area contributed by atoms with E-state index in [0.29, 0.717) is 11.1 Å². The molecule has 0 aromatic carbocycles. The highest BCUT2D eigenvalue weighted by Crippen LogP contribution is 2.36. The molecule has 0 aliphatic heterocycles. The smallest absolute Gasteiger partial charge is 0.308 e. The summed E-state index contributed by atoms with van der Waals surface area (Å²) in [5, 5.41) is 1.51. The molecule has 31 heavy (non-hydrogen) atoms. The number of nitrogens with zero attached hydrogens (tertiary/aromatic N) is 3. The zero-order chi connectivity index (χ0) is 22.8. The summed E-state index contributed by atoms with van der Waals surface area (Å²) in [4.78, 5) is 22.8. The molecule has 5 nitrogen and oxygen atoms in total. The number of carbonyl (C=O) groups excluding carboxylic acids is 1. The predicted octanol–water partition coefficient (Wildman–Crippen LogP) is 4.78. The SMILES string of the molecule is O=C(NCC(F)(F)c1ncc(-c2ccc(F)nc2)cc1Cl)c1cccnc1C(F)(F)P. The lowest BCUT2D eigenvalue weighted by molar-refractivity contribution is -0.00668. The molecule has 3 aromatic rings. The highest BCUT2D eigenvalue weighted by atomic mass is 35.5. The fourth-order valence-electron chi connectivity index (χ4n) is 2.64. The van der Waals surface area contributed by atoms with Crippen LogP contribution in [-0.4, -0.2) is 27.4 Å². The first-order chi connectivity index (χ1) is 14.5. The molecule has 0 aliphatic carbocycles. The first kappa shape index (κ1) is 23.0. The van der Waals surface area contributed by atoms with Gasteiger partial charge in [-0.1, -0.05) is 20.8 Å². The zero-order valence-electron chi connectivity index (χ0n) is 15.4. The molecule has 1 N–H and O–H groups in total. The molecule has 1 amide bonds. The Morgan fingerprint density at radius 1 is 1.03 bits per heavy atom. The van der Waals surface area contributed by atoms with Crippen molar-refractivity contribution in [1.82, 2.24) is 20.3 Å². The Bertz CT molecular complexity index is 1110. The van der Waals surface area contributed by atoms with E-state index in [4.69, 9.17) is 11.6 Å². The summed E-state index contributed by atoms with van der Waals surface area (Å²) in [6.45, 7) is -1.24. The molecule has 0 bridgehead atoms. The van der Waals surface area contributed by atoms with Crippen LogP contribution in [0.4, 0.5) is 22.0 Å². The highest BCUT2D eigenvalue weighted by Gasteiger charge is 2.37. The van der Waals surface area contributed by atoms with Gasteiger partial charge >= 0.3 is 11.6 Å². The minimum atomic E-state index is -3.71. The van der Waals surface area contributed by atoms with Crippen LogP contribution in [0, 0.1) is 5.95 Å². The molecule has 1 atom stereocenters. The van der Waals surface area contributed by atoms with Crippen molar-refractivity contribution < 1.29 is 26.7 Å². The van der Waals surface area contributed by atoms with Crippen LogP contribution in [0.1, 0.15) is 21.7 Å². The Hall–Kier alpha value is -2.71. The fourth-order valence-corrected chi connectivity index (χ4v) is 3.17. The maximum absolute atomic E-state index is 14.6. The number of aromatic nitrogens is 3. The molecule has 0 radical (unpaired) electrons. The molecule has 0 saturated carbocycles. The summed E-state index contributed by atoms with van der Waals surface area (Å²) in [6, 6.07) is 5.94. The molecule has 12 heteroatoms. The van der Waals surface area contributed by atoms with Crippen molar-refractivity contribution in [3.63, 3.8) is 0 Å². The highest BCUT2D eigenvalue weighted by molar-refractivity contribution is 7.17. The van der Waals surface area contributed by atoms with Crippen molar-refractivity contribution in [1.29, 1.82) is 0 Å². The lowest BCUT2D eigenvalue weighted by Gasteiger charge is -2.19. The third-order valence-corrected chi connectivity index (χ3v) is 4.65. The van der Waals surface area contributed by atoms with E-state index >= 15 is 0 Å². The van der Waals surface area contributed by atoms with Gasteiger partial charge in [0.25, 0.3) is 5.91 Å². The Morgan fingerprint density at radius 3 is 2.35 bits per heavy atom. The molecule has 1 unspecified atom stereocenters. The number of hydrogen-bond acceptors (Lipinski definition) is 4. The second-order valence-corrected chi connectivity index (χ2v) is 7.47. The first-order valence-corrected chi connectivity index (χ1v) is 9.51. The van der Waals surface area contributed by atoms with E-state index in [-0.39, 0.29) is 0 Å². The number of alkyl halides is 4. The number of hydrogen-bond donors (Lipinski definition) is 1. The van der Waals surface area contributed by atoms with E-state index in [2.05, 4.69) is 15.0 Å². The monoisotopic (exact) mass is 474 g/mol. The van der Waals surface area contributed by atoms with Gasteiger partial charge in [-0.2, -0.15) is 22.0 Å². The average molecular weight is 475 g/mol. The van der Waals surface area contributed by atoms with E-state index in [0.717, 1.165) is 24.5 Å². The van der Waals surface area contributed by atoms with E-state index in [1.807, 2.05) is 5.32 Å². The van der Waals surface area contributed by atoms with Gasteiger partial charge in [-0.05, 0) is 30.3 Å². The van der Waals surface area contributed by atoms with Crippen LogP contribution in [-0.2, 0) is 11.6 Å². The summed E-state index contributed by atoms with van der Waals surface area (Å²) in [5.41, 5.74) is -5.03. The summed E-state index contributed by atoms with van der Waals surface area (Å²) in [5.74, 6) is -5.58. The van der Waals surface area contributed by atoms with E-state index in [1.54, 1.807) is 0 Å². The Kier molecular flexibility index (Phi) is 6.52. The Morgan fingerprint density at radius 2 is 1.74 bits per heavy atom. The second-order valence-electron chi connectivity index (χ2n) is 6.33. The molecule has 0 aliphatic rings. The number of carbonyl (C=O) groups is 1. The van der Waals surface area contributed by atoms with Gasteiger partial charge in [0.2, 0.25) is 5.95 Å². The van der Waals surface area contributed by atoms with Crippen LogP contribution in [0.5, 0.6) is 0 Å². The average Bonchev–Trinajstić information content (AvgIpc) is 2.71. The fraction of sp³-hybridized carbons (Fsp3) is 0.158. The predicted molar refractivity (Wildman–Crippen MR) is 107 cm³/mol. The van der Waals surface area contributed by atoms with Crippen molar-refractivity contribution in [2.75, 3.05) is 6.54 Å². The molecule has 0 fully saturated rings. The van der Waals surface area contributed by atoms with Crippen molar-refractivity contribution in [3.8, 4) is 11.1 Å². The van der Waals surface area contributed by atoms with Gasteiger partial charge in [-0.15, -0.1) is 0 Å². The quantitative estimate of drug-likeness (QED) is 0.317. The standard InChI is InChI=1S/C19H13ClF5N4OP/c20-13-6-11(10-3-4-14(21)27-7-10)8-28-16(13)18(22,23)9-29-17(30)12-2-1-5-26-15(12)19(24,25)31/h1-8H,9,31H2,(H,29,30). The van der Waals surface area contributed by atoms with E-state index < -0.39 is 52.0 Å². The van der Waals surface area contributed by atoms with Crippen LogP contribution in [0.25, 0.3) is 11.1 Å². The third kappa shape index (κ3) is 5.32. The van der Waals surface area contributed by atoms with E-state index in [1.165, 1.54) is 33.6 Å². The first-order valence-electron chi connectivity index (χ1n) is 8.55. The van der Waals surface area contributed by atoms with Gasteiger partial charge in [0, 0.05) is 29.7 Å². The van der Waals surface area contributed by atoms with Gasteiger partial charge in [-0.25, -0.2) is 4.98 Å². The minimum Gasteiger partial charge on any atom is -0.345 e. The van der Waals surface area contributed by atoms with Crippen LogP contribution in [0.3, 0.4) is 0 Å². The number of rotatable bonds is 6. The molecular formula is C19H13ClF5N4OP. The molecule has 3 aromatic heterocycles. The number of amides is 1. The second kappa shape index (κ2) is 8.80. The lowest BCUT2D eigenvalue weighted by Crippen LogP contribution is -2.36. The van der Waals surface area contributed by atoms with Crippen LogP contribution >= 0.6 is 20.8 Å². The van der Waals surface area contributed by atoms with Gasteiger partial charge in [0.15, 0.2) is 0 Å². The van der Waals surface area contributed by atoms with Crippen molar-refractivity contribution in [2.24, 2.45) is 0 Å². The van der Waals surface area contributed by atoms with Crippen molar-refractivity contribution in [3.05, 3.63) is 76.8 Å². The topological polar surface area (TPSA) is 67.8 Å². The molecule has 0 spiro atoms. The van der Waals surface area contributed by atoms with E-state index in [9.17, 15) is 26.7 Å². The van der Waals surface area contributed by atoms with Gasteiger partial charge in [0.1, 0.15) is 11.4 Å². The Labute approximate surface area is 180 Å². The molecule has 162 valence electrons. The van der Waals surface area contributed by atoms with Crippen LogP contribution in [0.15, 0.2) is 48.9 Å². The van der Waals surface area contributed by atoms with Crippen molar-refractivity contribution in [2.45, 2.75) is 11.6 Å². The minimum absolute atomic E-state index is 0.323. The lowest BCUT2D eigenvalue weighted by atomic mass is 10.1. The molecule has 3 rings (SSSR count). The van der Waals surface area contributed by atoms with Gasteiger partial charge < -0.3 is 5.32 Å². The summed E-state index contributed by atoms with van der Waals surface area (Å²) >= 11 is 5.95. The summed E-state index contributed by atoms with van der Waals surface area (Å²) in [7, 11) is 1.23. The molecular weight excluding hydrogens is 462 g/mol. The van der Waals surface area contributed by atoms with Crippen molar-refractivity contribution >= 4 is 26.7 Å². The maximum atomic E-state index is 14.6.